The van der Waals surface area contributed by atoms with Crippen LogP contribution in [0.15, 0.2) is 28.1 Å². The maximum Gasteiger partial charge on any atom is 0.168 e. The fourth-order valence-corrected chi connectivity index (χ4v) is 4.52. The van der Waals surface area contributed by atoms with Gasteiger partial charge >= 0.3 is 0 Å². The van der Waals surface area contributed by atoms with E-state index >= 15 is 0 Å². The minimum atomic E-state index is 0. The minimum absolute atomic E-state index is 0. The van der Waals surface area contributed by atoms with E-state index in [-0.39, 0.29) is 24.8 Å². The van der Waals surface area contributed by atoms with Crippen molar-refractivity contribution in [1.29, 1.82) is 0 Å². The van der Waals surface area contributed by atoms with Crippen molar-refractivity contribution in [1.82, 2.24) is 0 Å². The Bertz CT molecular complexity index is 542. The van der Waals surface area contributed by atoms with Crippen LogP contribution in [0.1, 0.15) is 38.5 Å². The van der Waals surface area contributed by atoms with E-state index in [1.807, 2.05) is 11.8 Å². The van der Waals surface area contributed by atoms with Gasteiger partial charge in [0.15, 0.2) is 5.17 Å². The molecule has 4 rings (SSSR count). The fraction of sp³-hybridized carbons (Fsp3) is 0.562. The Kier molecular flexibility index (Phi) is 6.30. The van der Waals surface area contributed by atoms with Gasteiger partial charge in [-0.05, 0) is 42.8 Å². The lowest BCUT2D eigenvalue weighted by Gasteiger charge is -2.18. The Hall–Kier alpha value is -0.580. The minimum Gasteiger partial charge on any atom is -0.382 e. The molecule has 1 fully saturated rings. The van der Waals surface area contributed by atoms with E-state index in [0.717, 1.165) is 13.1 Å². The van der Waals surface area contributed by atoms with Crippen molar-refractivity contribution in [2.75, 3.05) is 23.3 Å². The molecular formula is C16H23Cl2N3S. The molecule has 3 nitrogen and oxygen atoms in total. The maximum absolute atomic E-state index is 4.56. The number of amidine groups is 1. The average molecular weight is 360 g/mol. The van der Waals surface area contributed by atoms with Crippen LogP contribution in [0.5, 0.6) is 0 Å². The van der Waals surface area contributed by atoms with Gasteiger partial charge in [0.1, 0.15) is 0 Å². The van der Waals surface area contributed by atoms with Crippen molar-refractivity contribution < 1.29 is 0 Å². The third-order valence-corrected chi connectivity index (χ3v) is 5.56. The first-order valence-corrected chi connectivity index (χ1v) is 8.62. The van der Waals surface area contributed by atoms with Crippen LogP contribution in [0.2, 0.25) is 0 Å². The molecule has 0 saturated heterocycles. The van der Waals surface area contributed by atoms with Crippen LogP contribution in [0, 0.1) is 0 Å². The van der Waals surface area contributed by atoms with Crippen LogP contribution < -0.4 is 10.2 Å². The zero-order valence-corrected chi connectivity index (χ0v) is 15.0. The zero-order chi connectivity index (χ0) is 13.4. The summed E-state index contributed by atoms with van der Waals surface area (Å²) in [5.41, 5.74) is 2.63. The van der Waals surface area contributed by atoms with Crippen molar-refractivity contribution >= 4 is 53.1 Å². The normalized spacial score (nSPS) is 20.2. The Labute approximate surface area is 149 Å². The summed E-state index contributed by atoms with van der Waals surface area (Å²) >= 11 is 1.82. The van der Waals surface area contributed by atoms with E-state index in [2.05, 4.69) is 33.4 Å². The van der Waals surface area contributed by atoms with Gasteiger partial charge in [-0.1, -0.05) is 25.7 Å². The molecule has 0 bridgehead atoms. The summed E-state index contributed by atoms with van der Waals surface area (Å²) in [5.74, 6) is 0. The molecule has 0 amide bonds. The molecule has 1 aromatic carbocycles. The highest BCUT2D eigenvalue weighted by atomic mass is 35.5. The molecule has 6 heteroatoms. The summed E-state index contributed by atoms with van der Waals surface area (Å²) in [6, 6.07) is 7.48. The Balaban J connectivity index is 0.000000882. The summed E-state index contributed by atoms with van der Waals surface area (Å²) in [6.07, 6.45) is 8.22. The van der Waals surface area contributed by atoms with Crippen molar-refractivity contribution in [3.05, 3.63) is 18.2 Å². The predicted molar refractivity (Wildman–Crippen MR) is 102 cm³/mol. The van der Waals surface area contributed by atoms with E-state index in [1.165, 1.54) is 60.0 Å². The quantitative estimate of drug-likeness (QED) is 0.757. The fourth-order valence-electron chi connectivity index (χ4n) is 3.40. The van der Waals surface area contributed by atoms with Crippen LogP contribution in [0.3, 0.4) is 0 Å². The molecule has 0 atom stereocenters. The summed E-state index contributed by atoms with van der Waals surface area (Å²) in [5, 5.41) is 4.93. The van der Waals surface area contributed by atoms with Gasteiger partial charge in [0.2, 0.25) is 0 Å². The second-order valence-corrected chi connectivity index (χ2v) is 6.94. The van der Waals surface area contributed by atoms with Gasteiger partial charge < -0.3 is 10.2 Å². The monoisotopic (exact) mass is 359 g/mol. The molecule has 3 aliphatic rings. The Morgan fingerprint density at radius 1 is 1.09 bits per heavy atom. The third-order valence-electron chi connectivity index (χ3n) is 4.48. The maximum atomic E-state index is 4.56. The number of fused-ring (bicyclic) bond motifs is 3. The molecule has 2 aliphatic heterocycles. The SMILES string of the molecule is Cl.Cl.c1cc2c(cc1NC1CCCCCC1)SC1=NCCN12. The van der Waals surface area contributed by atoms with Crippen LogP contribution in [0.4, 0.5) is 11.4 Å². The second-order valence-electron chi connectivity index (χ2n) is 5.93. The molecule has 2 heterocycles. The van der Waals surface area contributed by atoms with Crippen molar-refractivity contribution in [2.45, 2.75) is 49.5 Å². The van der Waals surface area contributed by atoms with Crippen LogP contribution in [0.25, 0.3) is 0 Å². The largest absolute Gasteiger partial charge is 0.382 e. The number of nitrogens with zero attached hydrogens (tertiary/aromatic N) is 2. The molecule has 1 saturated carbocycles. The molecule has 22 heavy (non-hydrogen) atoms. The van der Waals surface area contributed by atoms with E-state index in [0.29, 0.717) is 6.04 Å². The van der Waals surface area contributed by atoms with Gasteiger partial charge in [-0.25, -0.2) is 0 Å². The van der Waals surface area contributed by atoms with E-state index < -0.39 is 0 Å². The molecule has 1 N–H and O–H groups in total. The van der Waals surface area contributed by atoms with Gasteiger partial charge in [0, 0.05) is 23.2 Å². The first-order chi connectivity index (χ1) is 9.90. The first kappa shape index (κ1) is 17.8. The van der Waals surface area contributed by atoms with Crippen LogP contribution >= 0.6 is 36.6 Å². The molecule has 122 valence electrons. The lowest BCUT2D eigenvalue weighted by atomic mass is 10.1. The van der Waals surface area contributed by atoms with E-state index in [1.54, 1.807) is 0 Å². The lowest BCUT2D eigenvalue weighted by Crippen LogP contribution is -2.20. The number of anilines is 2. The van der Waals surface area contributed by atoms with Gasteiger partial charge in [0.05, 0.1) is 12.2 Å². The zero-order valence-electron chi connectivity index (χ0n) is 12.6. The van der Waals surface area contributed by atoms with E-state index in [4.69, 9.17) is 0 Å². The summed E-state index contributed by atoms with van der Waals surface area (Å²) in [4.78, 5) is 8.26. The molecule has 1 aliphatic carbocycles. The molecule has 1 aromatic rings. The highest BCUT2D eigenvalue weighted by Gasteiger charge is 2.29. The Morgan fingerprint density at radius 2 is 1.86 bits per heavy atom. The molecule has 0 spiro atoms. The predicted octanol–water partition coefficient (Wildman–Crippen LogP) is 4.95. The van der Waals surface area contributed by atoms with Gasteiger partial charge in [-0.3, -0.25) is 4.99 Å². The number of thioether (sulfide) groups is 1. The van der Waals surface area contributed by atoms with Gasteiger partial charge in [-0.2, -0.15) is 0 Å². The van der Waals surface area contributed by atoms with Crippen molar-refractivity contribution in [3.63, 3.8) is 0 Å². The van der Waals surface area contributed by atoms with E-state index in [9.17, 15) is 0 Å². The number of hydrogen-bond donors (Lipinski definition) is 1. The summed E-state index contributed by atoms with van der Waals surface area (Å²) in [6.45, 7) is 1.99. The number of nitrogens with one attached hydrogen (secondary N) is 1. The highest BCUT2D eigenvalue weighted by Crippen LogP contribution is 2.43. The van der Waals surface area contributed by atoms with Crippen molar-refractivity contribution in [2.24, 2.45) is 4.99 Å². The van der Waals surface area contributed by atoms with Crippen molar-refractivity contribution in [3.8, 4) is 0 Å². The van der Waals surface area contributed by atoms with Gasteiger partial charge in [0.25, 0.3) is 0 Å². The molecule has 0 aromatic heterocycles. The second kappa shape index (κ2) is 7.80. The van der Waals surface area contributed by atoms with Gasteiger partial charge in [-0.15, -0.1) is 24.8 Å². The smallest absolute Gasteiger partial charge is 0.168 e. The number of aliphatic imine (C=N–C) groups is 1. The van der Waals surface area contributed by atoms with Crippen LogP contribution in [-0.2, 0) is 0 Å². The number of benzene rings is 1. The molecule has 0 radical (unpaired) electrons. The van der Waals surface area contributed by atoms with Crippen LogP contribution in [-0.4, -0.2) is 24.3 Å². The number of halogens is 2. The number of hydrogen-bond acceptors (Lipinski definition) is 4. The highest BCUT2D eigenvalue weighted by molar-refractivity contribution is 8.14. The summed E-state index contributed by atoms with van der Waals surface area (Å²) in [7, 11) is 0. The Morgan fingerprint density at radius 3 is 2.64 bits per heavy atom. The topological polar surface area (TPSA) is 27.6 Å². The third kappa shape index (κ3) is 3.50. The average Bonchev–Trinajstić information content (AvgIpc) is 2.92. The molecule has 0 unspecified atom stereocenters. The summed E-state index contributed by atoms with van der Waals surface area (Å²) < 4.78 is 0. The lowest BCUT2D eigenvalue weighted by molar-refractivity contribution is 0.620. The molecular weight excluding hydrogens is 337 g/mol. The number of rotatable bonds is 2. The first-order valence-electron chi connectivity index (χ1n) is 7.80. The standard InChI is InChI=1S/C16H21N3S.2ClH/c1-2-4-6-12(5-3-1)18-13-7-8-14-15(11-13)20-16-17-9-10-19(14)16;;/h7-8,11-12,18H,1-6,9-10H2;2*1H.